The predicted molar refractivity (Wildman–Crippen MR) is 80.0 cm³/mol. The van der Waals surface area contributed by atoms with Crippen molar-refractivity contribution in [1.82, 2.24) is 19.7 Å². The molecule has 0 spiro atoms. The molecule has 1 fully saturated rings. The number of aryl methyl sites for hydroxylation is 2. The van der Waals surface area contributed by atoms with Crippen molar-refractivity contribution >= 4 is 32.7 Å². The Hall–Kier alpha value is -1.63. The summed E-state index contributed by atoms with van der Waals surface area (Å²) in [5.74, 6) is 0.239. The fraction of sp³-hybridized carbons (Fsp3) is 0.615. The highest BCUT2D eigenvalue weighted by Gasteiger charge is 2.29. The second kappa shape index (κ2) is 5.05. The molecule has 1 saturated heterocycles. The van der Waals surface area contributed by atoms with E-state index in [9.17, 15) is 4.79 Å². The smallest absolute Gasteiger partial charge is 0.224 e. The zero-order chi connectivity index (χ0) is 14.3. The molecule has 3 heterocycles. The van der Waals surface area contributed by atoms with Crippen molar-refractivity contribution in [2.24, 2.45) is 7.05 Å². The van der Waals surface area contributed by atoms with Gasteiger partial charge >= 0.3 is 0 Å². The molecule has 6 nitrogen and oxygen atoms in total. The molecule has 0 unspecified atom stereocenters. The monoisotopic (exact) mass is 293 g/mol. The van der Waals surface area contributed by atoms with E-state index in [2.05, 4.69) is 22.3 Å². The minimum Gasteiger partial charge on any atom is -0.356 e. The molecule has 20 heavy (non-hydrogen) atoms. The number of amides is 1. The zero-order valence-corrected chi connectivity index (χ0v) is 12.8. The summed E-state index contributed by atoms with van der Waals surface area (Å²) in [6, 6.07) is 0.169. The Labute approximate surface area is 121 Å². The Morgan fingerprint density at radius 3 is 3.00 bits per heavy atom. The van der Waals surface area contributed by atoms with Crippen LogP contribution in [0, 0.1) is 6.92 Å². The summed E-state index contributed by atoms with van der Waals surface area (Å²) in [5.41, 5.74) is 1.91. The quantitative estimate of drug-likeness (QED) is 0.933. The number of carbonyl (C=O) groups excluding carboxylic acids is 1. The fourth-order valence-corrected chi connectivity index (χ4v) is 3.68. The Bertz CT molecular complexity index is 612. The Balaban J connectivity index is 1.74. The largest absolute Gasteiger partial charge is 0.356 e. The molecule has 108 valence electrons. The summed E-state index contributed by atoms with van der Waals surface area (Å²) < 4.78 is 2.92. The minimum atomic E-state index is 0.169. The summed E-state index contributed by atoms with van der Waals surface area (Å²) in [7, 11) is 1.90. The first kappa shape index (κ1) is 13.4. The van der Waals surface area contributed by atoms with Gasteiger partial charge in [-0.2, -0.15) is 5.10 Å². The number of nitrogens with zero attached hydrogens (tertiary/aromatic N) is 4. The molecule has 0 aromatic carbocycles. The number of anilines is 1. The summed E-state index contributed by atoms with van der Waals surface area (Å²) in [6.45, 7) is 5.71. The van der Waals surface area contributed by atoms with Crippen LogP contribution in [0.4, 0.5) is 5.13 Å². The lowest BCUT2D eigenvalue weighted by molar-refractivity contribution is -0.127. The molecule has 0 aliphatic carbocycles. The standard InChI is InChI=1S/C13H19N5OS/c1-4-5-18-7-9(6-10(18)19)14-13-15-12-11(20-13)8(2)16-17(12)3/h9H,4-7H2,1-3H3,(H,14,15)/t9-/m1/s1. The lowest BCUT2D eigenvalue weighted by Crippen LogP contribution is -2.28. The summed E-state index contributed by atoms with van der Waals surface area (Å²) in [4.78, 5) is 18.3. The number of likely N-dealkylation sites (tertiary alicyclic amines) is 1. The van der Waals surface area contributed by atoms with Crippen LogP contribution in [-0.2, 0) is 11.8 Å². The van der Waals surface area contributed by atoms with Gasteiger partial charge in [-0.05, 0) is 13.3 Å². The lowest BCUT2D eigenvalue weighted by atomic mass is 10.3. The SMILES string of the molecule is CCCN1C[C@H](Nc2nc3c(s2)c(C)nn3C)CC1=O. The van der Waals surface area contributed by atoms with Crippen molar-refractivity contribution in [2.45, 2.75) is 32.7 Å². The molecule has 1 aliphatic heterocycles. The van der Waals surface area contributed by atoms with Crippen molar-refractivity contribution in [2.75, 3.05) is 18.4 Å². The van der Waals surface area contributed by atoms with Gasteiger partial charge in [-0.25, -0.2) is 9.67 Å². The van der Waals surface area contributed by atoms with Gasteiger partial charge in [0.1, 0.15) is 0 Å². The molecule has 7 heteroatoms. The molecule has 0 radical (unpaired) electrons. The topological polar surface area (TPSA) is 63.0 Å². The minimum absolute atomic E-state index is 0.169. The van der Waals surface area contributed by atoms with Crippen LogP contribution in [0.25, 0.3) is 10.3 Å². The Morgan fingerprint density at radius 1 is 1.50 bits per heavy atom. The summed E-state index contributed by atoms with van der Waals surface area (Å²) >= 11 is 1.61. The van der Waals surface area contributed by atoms with E-state index in [1.54, 1.807) is 16.0 Å². The number of aromatic nitrogens is 3. The lowest BCUT2D eigenvalue weighted by Gasteiger charge is -2.15. The van der Waals surface area contributed by atoms with Gasteiger partial charge in [-0.1, -0.05) is 18.3 Å². The Kier molecular flexibility index (Phi) is 3.37. The van der Waals surface area contributed by atoms with Crippen molar-refractivity contribution in [3.63, 3.8) is 0 Å². The van der Waals surface area contributed by atoms with Gasteiger partial charge in [0.15, 0.2) is 10.8 Å². The van der Waals surface area contributed by atoms with Gasteiger partial charge in [-0.15, -0.1) is 0 Å². The van der Waals surface area contributed by atoms with E-state index in [0.717, 1.165) is 40.7 Å². The van der Waals surface area contributed by atoms with Crippen molar-refractivity contribution in [1.29, 1.82) is 0 Å². The number of carbonyl (C=O) groups is 1. The van der Waals surface area contributed by atoms with E-state index in [1.165, 1.54) is 0 Å². The first-order chi connectivity index (χ1) is 9.58. The van der Waals surface area contributed by atoms with E-state index in [4.69, 9.17) is 0 Å². The van der Waals surface area contributed by atoms with Crippen LogP contribution in [0.3, 0.4) is 0 Å². The van der Waals surface area contributed by atoms with E-state index in [1.807, 2.05) is 18.9 Å². The van der Waals surface area contributed by atoms with Gasteiger partial charge in [0.25, 0.3) is 0 Å². The molecule has 2 aromatic rings. The van der Waals surface area contributed by atoms with Gasteiger partial charge in [0, 0.05) is 26.6 Å². The van der Waals surface area contributed by atoms with E-state index in [0.29, 0.717) is 6.42 Å². The van der Waals surface area contributed by atoms with Crippen molar-refractivity contribution in [3.8, 4) is 0 Å². The third-order valence-electron chi connectivity index (χ3n) is 3.58. The number of hydrogen-bond donors (Lipinski definition) is 1. The maximum Gasteiger partial charge on any atom is 0.224 e. The van der Waals surface area contributed by atoms with Crippen LogP contribution < -0.4 is 5.32 Å². The summed E-state index contributed by atoms with van der Waals surface area (Å²) in [6.07, 6.45) is 1.57. The van der Waals surface area contributed by atoms with Crippen molar-refractivity contribution in [3.05, 3.63) is 5.69 Å². The molecular formula is C13H19N5OS. The normalized spacial score (nSPS) is 19.2. The maximum atomic E-state index is 11.9. The third-order valence-corrected chi connectivity index (χ3v) is 4.66. The predicted octanol–water partition coefficient (Wildman–Crippen LogP) is 1.76. The van der Waals surface area contributed by atoms with Crippen LogP contribution in [-0.4, -0.2) is 44.7 Å². The average molecular weight is 293 g/mol. The second-order valence-corrected chi connectivity index (χ2v) is 6.26. The highest BCUT2D eigenvalue weighted by molar-refractivity contribution is 7.22. The van der Waals surface area contributed by atoms with Crippen LogP contribution >= 0.6 is 11.3 Å². The van der Waals surface area contributed by atoms with Gasteiger partial charge in [-0.3, -0.25) is 4.79 Å². The van der Waals surface area contributed by atoms with Crippen LogP contribution in [0.2, 0.25) is 0 Å². The first-order valence-electron chi connectivity index (χ1n) is 6.93. The van der Waals surface area contributed by atoms with Gasteiger partial charge in [0.05, 0.1) is 16.4 Å². The number of fused-ring (bicyclic) bond motifs is 1. The molecule has 1 N–H and O–H groups in total. The molecular weight excluding hydrogens is 274 g/mol. The van der Waals surface area contributed by atoms with E-state index >= 15 is 0 Å². The molecule has 1 aliphatic rings. The fourth-order valence-electron chi connectivity index (χ4n) is 2.68. The Morgan fingerprint density at radius 2 is 2.30 bits per heavy atom. The number of nitrogens with one attached hydrogen (secondary N) is 1. The molecule has 3 rings (SSSR count). The van der Waals surface area contributed by atoms with Crippen LogP contribution in [0.5, 0.6) is 0 Å². The molecule has 0 saturated carbocycles. The van der Waals surface area contributed by atoms with Crippen molar-refractivity contribution < 1.29 is 4.79 Å². The highest BCUT2D eigenvalue weighted by Crippen LogP contribution is 2.29. The summed E-state index contributed by atoms with van der Waals surface area (Å²) in [5, 5.41) is 8.62. The molecule has 0 bridgehead atoms. The molecule has 2 aromatic heterocycles. The maximum absolute atomic E-state index is 11.9. The zero-order valence-electron chi connectivity index (χ0n) is 12.0. The first-order valence-corrected chi connectivity index (χ1v) is 7.74. The average Bonchev–Trinajstić information content (AvgIpc) is 3.01. The number of rotatable bonds is 4. The van der Waals surface area contributed by atoms with E-state index in [-0.39, 0.29) is 11.9 Å². The molecule has 1 amide bonds. The second-order valence-electron chi connectivity index (χ2n) is 5.27. The van der Waals surface area contributed by atoms with Gasteiger partial charge in [0.2, 0.25) is 5.91 Å². The van der Waals surface area contributed by atoms with Gasteiger partial charge < -0.3 is 10.2 Å². The van der Waals surface area contributed by atoms with Crippen LogP contribution in [0.1, 0.15) is 25.5 Å². The highest BCUT2D eigenvalue weighted by atomic mass is 32.1. The number of thiazole rings is 1. The third kappa shape index (κ3) is 2.26. The molecule has 1 atom stereocenters. The van der Waals surface area contributed by atoms with Crippen LogP contribution in [0.15, 0.2) is 0 Å². The number of hydrogen-bond acceptors (Lipinski definition) is 5. The van der Waals surface area contributed by atoms with E-state index < -0.39 is 0 Å².